The lowest BCUT2D eigenvalue weighted by Gasteiger charge is -2.21. The number of rotatable bonds is 65. The first-order chi connectivity index (χ1) is 40.5. The molecule has 498 valence electrons. The van der Waals surface area contributed by atoms with Crippen LogP contribution in [0.4, 0.5) is 0 Å². The van der Waals surface area contributed by atoms with Crippen LogP contribution in [0.2, 0.25) is 0 Å². The maximum absolute atomic E-state index is 13.0. The molecule has 17 nitrogen and oxygen atoms in total. The van der Waals surface area contributed by atoms with Gasteiger partial charge in [0, 0.05) is 25.7 Å². The summed E-state index contributed by atoms with van der Waals surface area (Å²) in [6.45, 7) is 7.15. The quantitative estimate of drug-likeness (QED) is 0.0222. The van der Waals surface area contributed by atoms with Crippen molar-refractivity contribution >= 4 is 39.5 Å². The number of phosphoric ester groups is 2. The van der Waals surface area contributed by atoms with Crippen molar-refractivity contribution in [2.75, 3.05) is 39.6 Å². The minimum atomic E-state index is -4.94. The second kappa shape index (κ2) is 58.7. The van der Waals surface area contributed by atoms with Gasteiger partial charge < -0.3 is 33.8 Å². The molecule has 0 spiro atoms. The third-order valence-corrected chi connectivity index (χ3v) is 16.9. The number of aliphatic hydroxyl groups is 1. The highest BCUT2D eigenvalue weighted by atomic mass is 31.2. The third kappa shape index (κ3) is 59.0. The molecule has 0 aliphatic carbocycles. The van der Waals surface area contributed by atoms with Gasteiger partial charge in [-0.3, -0.25) is 37.3 Å². The highest BCUT2D eigenvalue weighted by Gasteiger charge is 2.30. The summed E-state index contributed by atoms with van der Waals surface area (Å²) in [5.41, 5.74) is 0. The Labute approximate surface area is 511 Å². The highest BCUT2D eigenvalue weighted by molar-refractivity contribution is 7.47. The molecule has 0 bridgehead atoms. The summed E-state index contributed by atoms with van der Waals surface area (Å²) in [6.07, 6.45) is 43.0. The van der Waals surface area contributed by atoms with Gasteiger partial charge in [-0.25, -0.2) is 9.13 Å². The standard InChI is InChI=1S/C65H126O17P2/c1-6-9-12-15-18-20-22-24-26-30-36-41-46-51-65(70)82-61(55-76-63(68)49-44-39-34-31-27-28-33-37-42-47-58(4)5)57-80-84(73,74)78-53-59(66)52-77-83(71,72)79-56-60(54-75-62(67)48-43-38-32-17-14-11-8-3)81-64(69)50-45-40-35-29-25-23-21-19-16-13-10-7-2/h58-61,66H,6-57H2,1-5H3,(H,71,72)(H,73,74)/t59-,60+,61+/m0/s1. The molecule has 0 fully saturated rings. The molecule has 2 unspecified atom stereocenters. The zero-order chi connectivity index (χ0) is 62.0. The molecule has 84 heavy (non-hydrogen) atoms. The van der Waals surface area contributed by atoms with Crippen molar-refractivity contribution in [3.63, 3.8) is 0 Å². The van der Waals surface area contributed by atoms with Crippen LogP contribution in [-0.2, 0) is 65.4 Å². The molecule has 0 aliphatic heterocycles. The van der Waals surface area contributed by atoms with Gasteiger partial charge in [-0.15, -0.1) is 0 Å². The average Bonchev–Trinajstić information content (AvgIpc) is 3.46. The van der Waals surface area contributed by atoms with E-state index in [0.717, 1.165) is 109 Å². The number of phosphoric acid groups is 2. The second-order valence-corrected chi connectivity index (χ2v) is 26.9. The van der Waals surface area contributed by atoms with E-state index in [9.17, 15) is 43.2 Å². The zero-order valence-electron chi connectivity index (χ0n) is 54.0. The van der Waals surface area contributed by atoms with E-state index in [1.165, 1.54) is 141 Å². The number of esters is 4. The average molecular weight is 1240 g/mol. The van der Waals surface area contributed by atoms with E-state index in [4.69, 9.17) is 37.0 Å². The molecule has 19 heteroatoms. The summed E-state index contributed by atoms with van der Waals surface area (Å²) in [5, 5.41) is 10.5. The van der Waals surface area contributed by atoms with E-state index in [1.54, 1.807) is 0 Å². The minimum Gasteiger partial charge on any atom is -0.462 e. The summed E-state index contributed by atoms with van der Waals surface area (Å²) in [4.78, 5) is 72.2. The molecule has 0 aromatic carbocycles. The van der Waals surface area contributed by atoms with Gasteiger partial charge in [-0.2, -0.15) is 0 Å². The predicted octanol–water partition coefficient (Wildman–Crippen LogP) is 18.2. The van der Waals surface area contributed by atoms with Crippen molar-refractivity contribution in [3.8, 4) is 0 Å². The van der Waals surface area contributed by atoms with E-state index in [1.807, 2.05) is 0 Å². The predicted molar refractivity (Wildman–Crippen MR) is 335 cm³/mol. The first kappa shape index (κ1) is 82.1. The maximum Gasteiger partial charge on any atom is 0.472 e. The molecule has 0 saturated heterocycles. The van der Waals surface area contributed by atoms with Crippen LogP contribution in [0.1, 0.15) is 330 Å². The number of carbonyl (C=O) groups is 4. The topological polar surface area (TPSA) is 237 Å². The van der Waals surface area contributed by atoms with E-state index < -0.39 is 97.5 Å². The van der Waals surface area contributed by atoms with Crippen LogP contribution < -0.4 is 0 Å². The van der Waals surface area contributed by atoms with Crippen molar-refractivity contribution in [1.29, 1.82) is 0 Å². The molecule has 0 amide bonds. The monoisotopic (exact) mass is 1240 g/mol. The number of hydrogen-bond acceptors (Lipinski definition) is 15. The summed E-state index contributed by atoms with van der Waals surface area (Å²) in [5.74, 6) is -1.39. The summed E-state index contributed by atoms with van der Waals surface area (Å²) in [7, 11) is -9.88. The van der Waals surface area contributed by atoms with Crippen molar-refractivity contribution in [2.45, 2.75) is 348 Å². The third-order valence-electron chi connectivity index (χ3n) is 15.0. The Morgan fingerprint density at radius 2 is 0.548 bits per heavy atom. The number of aliphatic hydroxyl groups excluding tert-OH is 1. The van der Waals surface area contributed by atoms with Crippen LogP contribution >= 0.6 is 15.6 Å². The van der Waals surface area contributed by atoms with Crippen LogP contribution in [-0.4, -0.2) is 96.7 Å². The molecule has 3 N–H and O–H groups in total. The van der Waals surface area contributed by atoms with E-state index in [2.05, 4.69) is 34.6 Å². The lowest BCUT2D eigenvalue weighted by molar-refractivity contribution is -0.161. The first-order valence-electron chi connectivity index (χ1n) is 34.1. The summed E-state index contributed by atoms with van der Waals surface area (Å²) < 4.78 is 68.0. The van der Waals surface area contributed by atoms with Crippen molar-refractivity contribution in [2.24, 2.45) is 5.92 Å². The maximum atomic E-state index is 13.0. The van der Waals surface area contributed by atoms with Gasteiger partial charge in [-0.1, -0.05) is 279 Å². The Morgan fingerprint density at radius 1 is 0.321 bits per heavy atom. The van der Waals surface area contributed by atoms with Crippen LogP contribution in [0.3, 0.4) is 0 Å². The Balaban J connectivity index is 5.21. The van der Waals surface area contributed by atoms with Gasteiger partial charge in [-0.05, 0) is 31.6 Å². The van der Waals surface area contributed by atoms with Crippen molar-refractivity contribution in [1.82, 2.24) is 0 Å². The SMILES string of the molecule is CCCCCCCCCCCCCCCC(=O)O[C@H](COC(=O)CCCCCCCCCCCC(C)C)COP(=O)(O)OC[C@@H](O)COP(=O)(O)OC[C@@H](COC(=O)CCCCCCCCC)OC(=O)CCCCCCCCCCCCCC. The van der Waals surface area contributed by atoms with E-state index >= 15 is 0 Å². The van der Waals surface area contributed by atoms with Crippen LogP contribution in [0.15, 0.2) is 0 Å². The number of carbonyl (C=O) groups excluding carboxylic acids is 4. The van der Waals surface area contributed by atoms with E-state index in [0.29, 0.717) is 25.7 Å². The van der Waals surface area contributed by atoms with Gasteiger partial charge in [0.15, 0.2) is 12.2 Å². The smallest absolute Gasteiger partial charge is 0.462 e. The van der Waals surface area contributed by atoms with Crippen molar-refractivity contribution in [3.05, 3.63) is 0 Å². The Hall–Kier alpha value is -1.94. The van der Waals surface area contributed by atoms with Crippen LogP contribution in [0, 0.1) is 5.92 Å². The molecule has 0 heterocycles. The molecule has 0 radical (unpaired) electrons. The lowest BCUT2D eigenvalue weighted by atomic mass is 10.0. The molecule has 0 rings (SSSR count). The van der Waals surface area contributed by atoms with Gasteiger partial charge in [0.1, 0.15) is 19.3 Å². The summed E-state index contributed by atoms with van der Waals surface area (Å²) in [6, 6.07) is 0. The zero-order valence-corrected chi connectivity index (χ0v) is 55.8. The molecule has 0 aromatic heterocycles. The normalized spacial score (nSPS) is 14.2. The Kier molecular flexibility index (Phi) is 57.4. The van der Waals surface area contributed by atoms with Crippen molar-refractivity contribution < 1.29 is 80.2 Å². The second-order valence-electron chi connectivity index (χ2n) is 24.0. The fourth-order valence-corrected chi connectivity index (χ4v) is 11.3. The highest BCUT2D eigenvalue weighted by Crippen LogP contribution is 2.45. The van der Waals surface area contributed by atoms with Gasteiger partial charge >= 0.3 is 39.5 Å². The van der Waals surface area contributed by atoms with Crippen LogP contribution in [0.25, 0.3) is 0 Å². The largest absolute Gasteiger partial charge is 0.472 e. The molecule has 0 aromatic rings. The van der Waals surface area contributed by atoms with E-state index in [-0.39, 0.29) is 25.7 Å². The lowest BCUT2D eigenvalue weighted by Crippen LogP contribution is -2.30. The molecular formula is C65H126O17P2. The number of hydrogen-bond donors (Lipinski definition) is 3. The fraction of sp³-hybridized carbons (Fsp3) is 0.938. The minimum absolute atomic E-state index is 0.107. The summed E-state index contributed by atoms with van der Waals surface area (Å²) >= 11 is 0. The molecule has 0 saturated carbocycles. The van der Waals surface area contributed by atoms with Crippen LogP contribution in [0.5, 0.6) is 0 Å². The Bertz CT molecular complexity index is 1640. The molecular weight excluding hydrogens is 1110 g/mol. The van der Waals surface area contributed by atoms with Gasteiger partial charge in [0.2, 0.25) is 0 Å². The van der Waals surface area contributed by atoms with Gasteiger partial charge in [0.25, 0.3) is 0 Å². The Morgan fingerprint density at radius 3 is 0.810 bits per heavy atom. The van der Waals surface area contributed by atoms with Gasteiger partial charge in [0.05, 0.1) is 26.4 Å². The molecule has 0 aliphatic rings. The molecule has 5 atom stereocenters. The number of unbranched alkanes of at least 4 members (excludes halogenated alkanes) is 37. The number of ether oxygens (including phenoxy) is 4. The first-order valence-corrected chi connectivity index (χ1v) is 37.1. The fourth-order valence-electron chi connectivity index (χ4n) is 9.76.